The van der Waals surface area contributed by atoms with Gasteiger partial charge >= 0.3 is 12.6 Å². The molecule has 21 heavy (non-hydrogen) atoms. The molecule has 0 heterocycles. The monoisotopic (exact) mass is 300 g/mol. The fraction of sp³-hybridized carbons (Fsp3) is 0.417. The summed E-state index contributed by atoms with van der Waals surface area (Å²) in [6.45, 7) is -1.65. The maximum atomic E-state index is 12.4. The number of nitrogens with zero attached hydrogens (tertiary/aromatic N) is 3. The first kappa shape index (κ1) is 16.7. The number of carboxylic acid groups (broad SMARTS) is 1. The molecule has 0 aliphatic rings. The number of benzene rings is 1. The van der Waals surface area contributed by atoms with Gasteiger partial charge in [-0.05, 0) is 18.5 Å². The number of halogens is 2. The van der Waals surface area contributed by atoms with Crippen molar-refractivity contribution >= 4 is 5.97 Å². The van der Waals surface area contributed by atoms with E-state index in [4.69, 9.17) is 5.53 Å². The lowest BCUT2D eigenvalue weighted by atomic mass is 9.91. The Hall–Kier alpha value is -2.38. The highest BCUT2D eigenvalue weighted by Gasteiger charge is 2.37. The van der Waals surface area contributed by atoms with Gasteiger partial charge in [-0.25, -0.2) is 4.79 Å². The van der Waals surface area contributed by atoms with E-state index in [2.05, 4.69) is 20.1 Å². The van der Waals surface area contributed by atoms with Crippen molar-refractivity contribution in [3.05, 3.63) is 40.3 Å². The van der Waals surface area contributed by atoms with Gasteiger partial charge in [0, 0.05) is 23.6 Å². The number of alkyl halides is 2. The summed E-state index contributed by atoms with van der Waals surface area (Å²) in [5, 5.41) is 15.3. The Morgan fingerprint density at radius 2 is 2.24 bits per heavy atom. The van der Waals surface area contributed by atoms with Crippen molar-refractivity contribution in [3.63, 3.8) is 0 Å². The van der Waals surface area contributed by atoms with Crippen molar-refractivity contribution in [1.29, 1.82) is 0 Å². The average molecular weight is 300 g/mol. The molecule has 0 bridgehead atoms. The third-order valence-electron chi connectivity index (χ3n) is 2.82. The average Bonchev–Trinajstić information content (AvgIpc) is 2.43. The summed E-state index contributed by atoms with van der Waals surface area (Å²) in [4.78, 5) is 14.1. The second-order valence-electron chi connectivity index (χ2n) is 4.19. The Bertz CT molecular complexity index is 549. The second kappa shape index (κ2) is 7.41. The molecule has 1 atom stereocenters. The van der Waals surface area contributed by atoms with Crippen LogP contribution in [0.25, 0.3) is 10.4 Å². The molecule has 0 amide bonds. The predicted molar refractivity (Wildman–Crippen MR) is 70.1 cm³/mol. The van der Waals surface area contributed by atoms with Crippen LogP contribution in [0, 0.1) is 0 Å². The largest absolute Gasteiger partial charge is 0.480 e. The number of carbonyl (C=O) groups is 1. The molecule has 114 valence electrons. The van der Waals surface area contributed by atoms with Crippen LogP contribution in [-0.2, 0) is 10.3 Å². The lowest BCUT2D eigenvalue weighted by Gasteiger charge is -2.28. The Morgan fingerprint density at radius 1 is 1.57 bits per heavy atom. The Kier molecular flexibility index (Phi) is 5.89. The van der Waals surface area contributed by atoms with E-state index in [0.717, 1.165) is 0 Å². The molecule has 0 aliphatic carbocycles. The van der Waals surface area contributed by atoms with Crippen LogP contribution < -0.4 is 10.1 Å². The van der Waals surface area contributed by atoms with Crippen LogP contribution in [0.15, 0.2) is 29.4 Å². The smallest absolute Gasteiger partial charge is 0.387 e. The molecular weight excluding hydrogens is 286 g/mol. The number of aliphatic carboxylic acids is 1. The molecule has 0 saturated heterocycles. The molecule has 1 rings (SSSR count). The molecular formula is C12H14F2N4O3. The second-order valence-corrected chi connectivity index (χ2v) is 4.19. The minimum Gasteiger partial charge on any atom is -0.480 e. The molecule has 0 aromatic heterocycles. The van der Waals surface area contributed by atoms with Gasteiger partial charge in [-0.3, -0.25) is 5.32 Å². The molecule has 1 unspecified atom stereocenters. The topological polar surface area (TPSA) is 107 Å². The fourth-order valence-electron chi connectivity index (χ4n) is 1.77. The Morgan fingerprint density at radius 3 is 2.81 bits per heavy atom. The lowest BCUT2D eigenvalue weighted by Crippen LogP contribution is -2.47. The summed E-state index contributed by atoms with van der Waals surface area (Å²) in [6.07, 6.45) is 0. The van der Waals surface area contributed by atoms with Crippen LogP contribution in [0.3, 0.4) is 0 Å². The fourth-order valence-corrected chi connectivity index (χ4v) is 1.77. The van der Waals surface area contributed by atoms with E-state index in [0.29, 0.717) is 0 Å². The number of azide groups is 1. The zero-order valence-electron chi connectivity index (χ0n) is 11.2. The van der Waals surface area contributed by atoms with E-state index in [9.17, 15) is 18.7 Å². The molecule has 0 spiro atoms. The van der Waals surface area contributed by atoms with E-state index in [-0.39, 0.29) is 24.4 Å². The highest BCUT2D eigenvalue weighted by atomic mass is 19.3. The summed E-state index contributed by atoms with van der Waals surface area (Å²) >= 11 is 0. The normalized spacial score (nSPS) is 13.3. The molecule has 7 nitrogen and oxygen atoms in total. The van der Waals surface area contributed by atoms with E-state index < -0.39 is 18.1 Å². The quantitative estimate of drug-likeness (QED) is 0.333. The van der Waals surface area contributed by atoms with Gasteiger partial charge in [-0.2, -0.15) is 8.78 Å². The molecule has 1 aromatic carbocycles. The maximum Gasteiger partial charge on any atom is 0.387 e. The Balaban J connectivity index is 3.09. The van der Waals surface area contributed by atoms with E-state index in [1.165, 1.54) is 31.2 Å². The molecule has 2 N–H and O–H groups in total. The van der Waals surface area contributed by atoms with Crippen molar-refractivity contribution in [1.82, 2.24) is 5.32 Å². The van der Waals surface area contributed by atoms with E-state index in [1.54, 1.807) is 0 Å². The van der Waals surface area contributed by atoms with Crippen LogP contribution in [0.4, 0.5) is 8.78 Å². The van der Waals surface area contributed by atoms with Crippen LogP contribution in [0.2, 0.25) is 0 Å². The summed E-state index contributed by atoms with van der Waals surface area (Å²) in [7, 11) is 0. The first-order valence-electron chi connectivity index (χ1n) is 5.95. The molecule has 0 aliphatic heterocycles. The number of rotatable bonds is 8. The highest BCUT2D eigenvalue weighted by molar-refractivity contribution is 5.81. The third kappa shape index (κ3) is 4.30. The first-order chi connectivity index (χ1) is 9.91. The zero-order valence-corrected chi connectivity index (χ0v) is 11.2. The summed E-state index contributed by atoms with van der Waals surface area (Å²) < 4.78 is 29.1. The molecule has 0 saturated carbocycles. The van der Waals surface area contributed by atoms with Crippen molar-refractivity contribution < 1.29 is 23.4 Å². The van der Waals surface area contributed by atoms with Crippen molar-refractivity contribution in [2.75, 3.05) is 13.1 Å². The minimum absolute atomic E-state index is 0.0250. The number of carboxylic acids is 1. The third-order valence-corrected chi connectivity index (χ3v) is 2.82. The highest BCUT2D eigenvalue weighted by Crippen LogP contribution is 2.31. The van der Waals surface area contributed by atoms with Crippen molar-refractivity contribution in [2.24, 2.45) is 5.11 Å². The van der Waals surface area contributed by atoms with Crippen LogP contribution in [-0.4, -0.2) is 30.8 Å². The predicted octanol–water partition coefficient (Wildman–Crippen LogP) is 2.49. The standard InChI is InChI=1S/C12H14F2N4O3/c1-12(10(19)20,16-6-7-17-18-15)8-4-2-3-5-9(8)21-11(13)14/h2-5,11,16H,6-7H2,1H3,(H,19,20). The molecule has 9 heteroatoms. The summed E-state index contributed by atoms with van der Waals surface area (Å²) in [6, 6.07) is 5.62. The van der Waals surface area contributed by atoms with E-state index >= 15 is 0 Å². The number of hydrogen-bond donors (Lipinski definition) is 2. The molecule has 0 fully saturated rings. The van der Waals surface area contributed by atoms with Gasteiger partial charge in [0.2, 0.25) is 0 Å². The van der Waals surface area contributed by atoms with Gasteiger partial charge in [0.15, 0.2) is 0 Å². The van der Waals surface area contributed by atoms with Crippen molar-refractivity contribution in [3.8, 4) is 5.75 Å². The number of hydrogen-bond acceptors (Lipinski definition) is 4. The van der Waals surface area contributed by atoms with Crippen LogP contribution >= 0.6 is 0 Å². The summed E-state index contributed by atoms with van der Waals surface area (Å²) in [5.41, 5.74) is 6.57. The SMILES string of the molecule is CC(NCCN=[N+]=[N-])(C(=O)O)c1ccccc1OC(F)F. The van der Waals surface area contributed by atoms with Gasteiger partial charge in [-0.15, -0.1) is 0 Å². The van der Waals surface area contributed by atoms with Crippen LogP contribution in [0.5, 0.6) is 5.75 Å². The van der Waals surface area contributed by atoms with Crippen molar-refractivity contribution in [2.45, 2.75) is 19.1 Å². The van der Waals surface area contributed by atoms with Gasteiger partial charge in [0.25, 0.3) is 0 Å². The number of nitrogens with one attached hydrogen (secondary N) is 1. The lowest BCUT2D eigenvalue weighted by molar-refractivity contribution is -0.144. The molecule has 1 aromatic rings. The number of para-hydroxylation sites is 1. The Labute approximate surface area is 119 Å². The summed E-state index contributed by atoms with van der Waals surface area (Å²) in [5.74, 6) is -1.50. The minimum atomic E-state index is -3.06. The van der Waals surface area contributed by atoms with Gasteiger partial charge in [0.05, 0.1) is 0 Å². The number of ether oxygens (including phenoxy) is 1. The zero-order chi connectivity index (χ0) is 15.9. The van der Waals surface area contributed by atoms with E-state index in [1.807, 2.05) is 0 Å². The van der Waals surface area contributed by atoms with Gasteiger partial charge in [0.1, 0.15) is 11.3 Å². The maximum absolute atomic E-state index is 12.4. The van der Waals surface area contributed by atoms with Crippen LogP contribution in [0.1, 0.15) is 12.5 Å². The van der Waals surface area contributed by atoms with Gasteiger partial charge in [-0.1, -0.05) is 23.3 Å². The first-order valence-corrected chi connectivity index (χ1v) is 5.95. The molecule has 0 radical (unpaired) electrons. The van der Waals surface area contributed by atoms with Gasteiger partial charge < -0.3 is 9.84 Å².